The molecule has 0 atom stereocenters. The number of Topliss-reactive ketones (excluding diaryl/α,β-unsaturated/α-hetero) is 1. The summed E-state index contributed by atoms with van der Waals surface area (Å²) >= 11 is 8.25. The number of aliphatic hydroxyl groups is 2. The second-order valence-corrected chi connectivity index (χ2v) is 18.9. The van der Waals surface area contributed by atoms with Crippen LogP contribution in [0.25, 0.3) is 33.4 Å². The summed E-state index contributed by atoms with van der Waals surface area (Å²) in [5.74, 6) is 34.3. The number of methoxy groups -OCH3 is 2. The predicted molar refractivity (Wildman–Crippen MR) is 319 cm³/mol. The number of ketones is 1. The van der Waals surface area contributed by atoms with Gasteiger partial charge in [-0.3, -0.25) is 14.4 Å². The molecule has 2 N–H and O–H groups in total. The van der Waals surface area contributed by atoms with Gasteiger partial charge in [0.25, 0.3) is 0 Å². The second-order valence-electron chi connectivity index (χ2n) is 17.1. The van der Waals surface area contributed by atoms with Crippen molar-refractivity contribution in [3.05, 3.63) is 176 Å². The third kappa shape index (κ3) is 11.8. The number of benzene rings is 6. The molecule has 0 fully saturated rings. The number of rotatable bonds is 5. The molecule has 6 aromatic carbocycles. The highest BCUT2D eigenvalue weighted by Gasteiger charge is 2.54. The number of carbonyl (C=O) groups excluding carboxylic acids is 3. The van der Waals surface area contributed by atoms with Gasteiger partial charge in [0, 0.05) is 64.6 Å². The number of hydrogen-bond acceptors (Lipinski definition) is 9. The van der Waals surface area contributed by atoms with Gasteiger partial charge in [-0.15, -0.1) is 35.5 Å². The summed E-state index contributed by atoms with van der Waals surface area (Å²) in [5.41, 5.74) is 14.0. The Morgan fingerprint density at radius 3 is 1.01 bits per heavy atom. The van der Waals surface area contributed by atoms with Gasteiger partial charge in [0.1, 0.15) is 5.92 Å². The van der Waals surface area contributed by atoms with Crippen molar-refractivity contribution in [2.75, 3.05) is 27.4 Å². The Hall–Kier alpha value is -8.13. The van der Waals surface area contributed by atoms with Crippen LogP contribution in [-0.4, -0.2) is 55.4 Å². The van der Waals surface area contributed by atoms with E-state index in [1.54, 1.807) is 26.0 Å². The molecule has 0 aromatic heterocycles. The fourth-order valence-corrected chi connectivity index (χ4v) is 10.1. The Morgan fingerprint density at radius 1 is 0.481 bits per heavy atom. The number of ether oxygens (including phenoxy) is 2. The topological polar surface area (TPSA) is 110 Å². The standard InChI is InChI=1S/C23H18O3.C21H16O2.C21H18O2.2CH4.S3/c1-5-7-16-9-11-20-18(13-16)19-14-17(8-6-2)10-12-21(19)23(20,15(3)24)22(25)26-4;1-4-6-14-8-10-16-18(12-14)19-13-15(7-5-2)9-11-17(19)20(16)21(22)23-3;1-3-5-15-7-9-19-17(11-15)18-12-16(6-4-2)8-10-20(18)21(19,13-22)14-23;;;1-3-2/h9-14H,1-4H3;8-13,20H,1-3H3;7-12,22-23H,13-14H2,1-2H3;2*1H4;. The van der Waals surface area contributed by atoms with Gasteiger partial charge in [-0.05, 0) is 188 Å². The fraction of sp³-hybridized carbons (Fsp3) is 0.239. The minimum absolute atomic E-state index is 0. The van der Waals surface area contributed by atoms with Crippen LogP contribution in [0, 0.1) is 71.0 Å². The zero-order valence-electron chi connectivity index (χ0n) is 43.0. The molecular weight excluding hydrogens is 1010 g/mol. The summed E-state index contributed by atoms with van der Waals surface area (Å²) in [5, 5.41) is 20.1. The summed E-state index contributed by atoms with van der Waals surface area (Å²) in [6.07, 6.45) is 0. The number of carbonyl (C=O) groups is 3. The summed E-state index contributed by atoms with van der Waals surface area (Å²) in [7, 11) is 3.65. The maximum Gasteiger partial charge on any atom is 0.328 e. The van der Waals surface area contributed by atoms with Gasteiger partial charge < -0.3 is 19.7 Å². The molecule has 0 aliphatic heterocycles. The van der Waals surface area contributed by atoms with Crippen LogP contribution in [0.4, 0.5) is 0 Å². The third-order valence-corrected chi connectivity index (χ3v) is 13.1. The molecule has 3 aliphatic carbocycles. The molecule has 0 heterocycles. The Morgan fingerprint density at radius 2 is 0.753 bits per heavy atom. The van der Waals surface area contributed by atoms with Crippen LogP contribution in [0.1, 0.15) is 136 Å². The van der Waals surface area contributed by atoms with Gasteiger partial charge in [-0.2, -0.15) is 0 Å². The summed E-state index contributed by atoms with van der Waals surface area (Å²) in [4.78, 5) is 37.9. The Kier molecular flexibility index (Phi) is 22.0. The zero-order chi connectivity index (χ0) is 54.5. The first-order chi connectivity index (χ1) is 36.3. The highest BCUT2D eigenvalue weighted by atomic mass is 33.1. The highest BCUT2D eigenvalue weighted by Crippen LogP contribution is 2.52. The van der Waals surface area contributed by atoms with Crippen molar-refractivity contribution in [2.45, 2.75) is 80.1 Å². The molecule has 0 unspecified atom stereocenters. The minimum atomic E-state index is -1.45. The average molecular weight is 1070 g/mol. The molecule has 3 aliphatic rings. The van der Waals surface area contributed by atoms with E-state index in [1.165, 1.54) is 21.1 Å². The maximum absolute atomic E-state index is 12.8. The van der Waals surface area contributed by atoms with Gasteiger partial charge in [0.2, 0.25) is 0 Å². The Bertz CT molecular complexity index is 3520. The van der Waals surface area contributed by atoms with Crippen LogP contribution in [-0.2, 0) is 65.9 Å². The lowest BCUT2D eigenvalue weighted by Crippen LogP contribution is -2.42. The van der Waals surface area contributed by atoms with Gasteiger partial charge >= 0.3 is 11.9 Å². The van der Waals surface area contributed by atoms with E-state index in [0.29, 0.717) is 11.1 Å². The summed E-state index contributed by atoms with van der Waals surface area (Å²) < 4.78 is 10.1. The van der Waals surface area contributed by atoms with E-state index in [0.717, 1.165) is 97.9 Å². The smallest absolute Gasteiger partial charge is 0.328 e. The normalized spacial score (nSPS) is 11.8. The second kappa shape index (κ2) is 27.6. The first kappa shape index (κ1) is 61.4. The molecule has 10 heteroatoms. The van der Waals surface area contributed by atoms with Crippen LogP contribution in [0.5, 0.6) is 0 Å². The fourth-order valence-electron chi connectivity index (χ4n) is 10.1. The van der Waals surface area contributed by atoms with E-state index in [4.69, 9.17) is 9.47 Å². The SMILES string of the molecule is C.C.CC#Cc1ccc2c(c1)-c1cc(C#CC)ccc1C2(C(C)=O)C(=O)OC.CC#Cc1ccc2c(c1)-c1cc(C#CC)ccc1C2(CO)CO.CC#Cc1ccc2c(c1)-c1cc(C#CC)ccc1C2C(=O)OC.S=S=S. The number of hydrogen-bond donors (Lipinski definition) is 2. The van der Waals surface area contributed by atoms with E-state index >= 15 is 0 Å². The molecule has 0 saturated heterocycles. The highest BCUT2D eigenvalue weighted by molar-refractivity contribution is 8.37. The van der Waals surface area contributed by atoms with Crippen molar-refractivity contribution >= 4 is 49.0 Å². The lowest BCUT2D eigenvalue weighted by Gasteiger charge is -2.27. The first-order valence-corrected chi connectivity index (χ1v) is 26.2. The van der Waals surface area contributed by atoms with Crippen molar-refractivity contribution in [1.29, 1.82) is 0 Å². The Labute approximate surface area is 468 Å². The molecule has 9 rings (SSSR count). The molecule has 0 bridgehead atoms. The van der Waals surface area contributed by atoms with Crippen LogP contribution in [0.3, 0.4) is 0 Å². The molecule has 0 spiro atoms. The zero-order valence-corrected chi connectivity index (χ0v) is 45.5. The van der Waals surface area contributed by atoms with Crippen LogP contribution in [0.15, 0.2) is 109 Å². The monoisotopic (exact) mass is 1070 g/mol. The van der Waals surface area contributed by atoms with E-state index in [-0.39, 0.29) is 45.7 Å². The first-order valence-electron chi connectivity index (χ1n) is 23.6. The molecule has 0 saturated carbocycles. The van der Waals surface area contributed by atoms with Crippen LogP contribution >= 0.6 is 0 Å². The van der Waals surface area contributed by atoms with Crippen molar-refractivity contribution in [3.8, 4) is 104 Å². The van der Waals surface area contributed by atoms with Crippen LogP contribution in [0.2, 0.25) is 0 Å². The summed E-state index contributed by atoms with van der Waals surface area (Å²) in [6, 6.07) is 34.9. The van der Waals surface area contributed by atoms with E-state index < -0.39 is 16.8 Å². The van der Waals surface area contributed by atoms with Crippen molar-refractivity contribution < 1.29 is 34.1 Å². The minimum Gasteiger partial charge on any atom is -0.468 e. The van der Waals surface area contributed by atoms with E-state index in [9.17, 15) is 24.6 Å². The number of fused-ring (bicyclic) bond motifs is 9. The number of esters is 2. The summed E-state index contributed by atoms with van der Waals surface area (Å²) in [6.45, 7) is 11.9. The van der Waals surface area contributed by atoms with Gasteiger partial charge in [-0.25, -0.2) is 0 Å². The molecule has 77 heavy (non-hydrogen) atoms. The predicted octanol–water partition coefficient (Wildman–Crippen LogP) is 11.1. The van der Waals surface area contributed by atoms with Gasteiger partial charge in [0.05, 0.1) is 32.8 Å². The quantitative estimate of drug-likeness (QED) is 0.0991. The molecular formula is C67H60O7S3. The van der Waals surface area contributed by atoms with Crippen molar-refractivity contribution in [1.82, 2.24) is 0 Å². The van der Waals surface area contributed by atoms with Gasteiger partial charge in [-0.1, -0.05) is 86.8 Å². The molecule has 388 valence electrons. The molecule has 7 nitrogen and oxygen atoms in total. The maximum atomic E-state index is 12.8. The van der Waals surface area contributed by atoms with Gasteiger partial charge in [0.15, 0.2) is 11.2 Å². The lowest BCUT2D eigenvalue weighted by molar-refractivity contribution is -0.149. The van der Waals surface area contributed by atoms with Crippen molar-refractivity contribution in [2.24, 2.45) is 0 Å². The van der Waals surface area contributed by atoms with Crippen molar-refractivity contribution in [3.63, 3.8) is 0 Å². The largest absolute Gasteiger partial charge is 0.468 e. The van der Waals surface area contributed by atoms with E-state index in [1.807, 2.05) is 125 Å². The molecule has 0 radical (unpaired) electrons. The lowest BCUT2D eigenvalue weighted by atomic mass is 9.75. The average Bonchev–Trinajstić information content (AvgIpc) is 4.02. The van der Waals surface area contributed by atoms with Crippen LogP contribution < -0.4 is 0 Å². The third-order valence-electron chi connectivity index (χ3n) is 13.1. The number of aliphatic hydroxyl groups excluding tert-OH is 2. The molecule has 0 amide bonds. The Balaban J connectivity index is 0.000000240. The molecule has 6 aromatic rings. The van der Waals surface area contributed by atoms with E-state index in [2.05, 4.69) is 93.4 Å².